The molecule has 2 aromatic carbocycles. The predicted molar refractivity (Wildman–Crippen MR) is 116 cm³/mol. The minimum absolute atomic E-state index is 0.295. The van der Waals surface area contributed by atoms with Crippen molar-refractivity contribution in [2.24, 2.45) is 0 Å². The number of pyridine rings is 1. The maximum absolute atomic E-state index is 12.9. The van der Waals surface area contributed by atoms with Crippen LogP contribution in [0.3, 0.4) is 0 Å². The fourth-order valence-electron chi connectivity index (χ4n) is 2.87. The lowest BCUT2D eigenvalue weighted by Gasteiger charge is -2.11. The van der Waals surface area contributed by atoms with E-state index in [1.54, 1.807) is 55.6 Å². The predicted octanol–water partition coefficient (Wildman–Crippen LogP) is 4.34. The lowest BCUT2D eigenvalue weighted by atomic mass is 10.1. The molecule has 154 valence electrons. The number of hydrogen-bond acceptors (Lipinski definition) is 6. The monoisotopic (exact) mass is 414 g/mol. The van der Waals surface area contributed by atoms with Gasteiger partial charge in [-0.3, -0.25) is 9.78 Å². The average Bonchev–Trinajstić information content (AvgIpc) is 3.21. The van der Waals surface area contributed by atoms with Gasteiger partial charge in [0.2, 0.25) is 11.7 Å². The van der Waals surface area contributed by atoms with Crippen LogP contribution in [0.2, 0.25) is 0 Å². The van der Waals surface area contributed by atoms with E-state index >= 15 is 0 Å². The highest BCUT2D eigenvalue weighted by Gasteiger charge is 2.17. The second kappa shape index (κ2) is 8.87. The summed E-state index contributed by atoms with van der Waals surface area (Å²) in [5.74, 6) is 0.306. The quantitative estimate of drug-likeness (QED) is 0.447. The minimum atomic E-state index is -0.392. The van der Waals surface area contributed by atoms with Crippen LogP contribution in [0.1, 0.15) is 16.2 Å². The van der Waals surface area contributed by atoms with Crippen molar-refractivity contribution < 1.29 is 14.1 Å². The van der Waals surface area contributed by atoms with Crippen LogP contribution in [0.25, 0.3) is 11.4 Å². The Hall–Kier alpha value is -4.53. The average molecular weight is 414 g/mol. The van der Waals surface area contributed by atoms with E-state index in [0.29, 0.717) is 39.9 Å². The topological polar surface area (TPSA) is 122 Å². The third-order valence-corrected chi connectivity index (χ3v) is 4.24. The highest BCUT2D eigenvalue weighted by Crippen LogP contribution is 2.22. The van der Waals surface area contributed by atoms with E-state index in [4.69, 9.17) is 4.52 Å². The number of hydrogen-bond donors (Lipinski definition) is 3. The number of benzene rings is 2. The first-order chi connectivity index (χ1) is 15.1. The van der Waals surface area contributed by atoms with Crippen LogP contribution < -0.4 is 16.0 Å². The summed E-state index contributed by atoms with van der Waals surface area (Å²) in [6, 6.07) is 17.1. The summed E-state index contributed by atoms with van der Waals surface area (Å²) in [5, 5.41) is 12.1. The maximum Gasteiger partial charge on any atom is 0.323 e. The van der Waals surface area contributed by atoms with Crippen molar-refractivity contribution in [3.8, 4) is 11.4 Å². The van der Waals surface area contributed by atoms with Crippen molar-refractivity contribution in [1.29, 1.82) is 0 Å². The Labute approximate surface area is 177 Å². The third kappa shape index (κ3) is 4.91. The molecule has 31 heavy (non-hydrogen) atoms. The number of carbonyl (C=O) groups is 2. The summed E-state index contributed by atoms with van der Waals surface area (Å²) in [4.78, 5) is 33.2. The van der Waals surface area contributed by atoms with E-state index in [2.05, 4.69) is 31.1 Å². The fraction of sp³-hybridized carbons (Fsp3) is 0.0455. The molecule has 4 rings (SSSR count). The number of aromatic nitrogens is 3. The molecule has 0 aliphatic rings. The first kappa shape index (κ1) is 19.8. The van der Waals surface area contributed by atoms with Crippen molar-refractivity contribution in [3.05, 3.63) is 84.5 Å². The normalized spacial score (nSPS) is 10.4. The largest absolute Gasteiger partial charge is 0.339 e. The molecular formula is C22H18N6O3. The number of nitrogens with zero attached hydrogens (tertiary/aromatic N) is 3. The van der Waals surface area contributed by atoms with Gasteiger partial charge in [0.15, 0.2) is 0 Å². The molecule has 2 heterocycles. The molecule has 0 spiro atoms. The Balaban J connectivity index is 1.47. The zero-order valence-electron chi connectivity index (χ0n) is 16.5. The molecule has 0 unspecified atom stereocenters. The number of rotatable bonds is 5. The number of aryl methyl sites for hydroxylation is 1. The smallest absolute Gasteiger partial charge is 0.323 e. The van der Waals surface area contributed by atoms with E-state index in [1.165, 1.54) is 6.20 Å². The van der Waals surface area contributed by atoms with Gasteiger partial charge in [0.05, 0.1) is 5.56 Å². The molecule has 0 bridgehead atoms. The standard InChI is InChI=1S/C22H18N6O3/c1-14-24-20(28-31-14)18-10-11-23-13-19(18)21(29)25-16-8-5-9-17(12-16)27-22(30)26-15-6-3-2-4-7-15/h2-13H,1H3,(H,25,29)(H2,26,27,30). The molecule has 0 radical (unpaired) electrons. The van der Waals surface area contributed by atoms with Gasteiger partial charge in [-0.1, -0.05) is 29.4 Å². The number of amides is 3. The van der Waals surface area contributed by atoms with Crippen LogP contribution in [-0.2, 0) is 0 Å². The summed E-state index contributed by atoms with van der Waals surface area (Å²) < 4.78 is 5.01. The van der Waals surface area contributed by atoms with Crippen LogP contribution in [0.5, 0.6) is 0 Å². The molecule has 9 nitrogen and oxygen atoms in total. The first-order valence-electron chi connectivity index (χ1n) is 9.37. The Morgan fingerprint density at radius 2 is 1.58 bits per heavy atom. The summed E-state index contributed by atoms with van der Waals surface area (Å²) in [7, 11) is 0. The minimum Gasteiger partial charge on any atom is -0.339 e. The highest BCUT2D eigenvalue weighted by atomic mass is 16.5. The Bertz CT molecular complexity index is 1220. The second-order valence-electron chi connectivity index (χ2n) is 6.54. The molecule has 2 aromatic heterocycles. The van der Waals surface area contributed by atoms with Crippen molar-refractivity contribution in [2.45, 2.75) is 6.92 Å². The zero-order valence-corrected chi connectivity index (χ0v) is 16.5. The van der Waals surface area contributed by atoms with E-state index < -0.39 is 11.9 Å². The van der Waals surface area contributed by atoms with Crippen molar-refractivity contribution in [3.63, 3.8) is 0 Å². The Morgan fingerprint density at radius 1 is 0.871 bits per heavy atom. The maximum atomic E-state index is 12.9. The highest BCUT2D eigenvalue weighted by molar-refractivity contribution is 6.08. The lowest BCUT2D eigenvalue weighted by Crippen LogP contribution is -2.19. The van der Waals surface area contributed by atoms with Gasteiger partial charge in [-0.25, -0.2) is 4.79 Å². The van der Waals surface area contributed by atoms with Crippen LogP contribution in [0.4, 0.5) is 21.9 Å². The van der Waals surface area contributed by atoms with Crippen LogP contribution >= 0.6 is 0 Å². The van der Waals surface area contributed by atoms with Gasteiger partial charge in [0, 0.05) is 41.9 Å². The van der Waals surface area contributed by atoms with Gasteiger partial charge >= 0.3 is 6.03 Å². The van der Waals surface area contributed by atoms with E-state index in [1.807, 2.05) is 18.2 Å². The Kier molecular flexibility index (Phi) is 5.66. The Morgan fingerprint density at radius 3 is 2.32 bits per heavy atom. The van der Waals surface area contributed by atoms with Gasteiger partial charge in [0.1, 0.15) is 0 Å². The molecule has 3 amide bonds. The molecule has 0 saturated heterocycles. The van der Waals surface area contributed by atoms with E-state index in [9.17, 15) is 9.59 Å². The zero-order chi connectivity index (χ0) is 21.6. The third-order valence-electron chi connectivity index (χ3n) is 4.24. The van der Waals surface area contributed by atoms with Gasteiger partial charge in [-0.2, -0.15) is 4.98 Å². The van der Waals surface area contributed by atoms with Gasteiger partial charge in [-0.05, 0) is 36.4 Å². The van der Waals surface area contributed by atoms with Crippen molar-refractivity contribution in [2.75, 3.05) is 16.0 Å². The molecule has 9 heteroatoms. The van der Waals surface area contributed by atoms with Gasteiger partial charge in [-0.15, -0.1) is 0 Å². The summed E-state index contributed by atoms with van der Waals surface area (Å²) in [6.45, 7) is 1.67. The van der Waals surface area contributed by atoms with Crippen LogP contribution in [-0.4, -0.2) is 27.1 Å². The molecule has 0 saturated carbocycles. The number of nitrogens with one attached hydrogen (secondary N) is 3. The summed E-state index contributed by atoms with van der Waals surface area (Å²) >= 11 is 0. The molecule has 0 aliphatic carbocycles. The molecular weight excluding hydrogens is 396 g/mol. The molecule has 4 aromatic rings. The molecule has 3 N–H and O–H groups in total. The molecule has 0 atom stereocenters. The SMILES string of the molecule is Cc1nc(-c2ccncc2C(=O)Nc2cccc(NC(=O)Nc3ccccc3)c2)no1. The van der Waals surface area contributed by atoms with Gasteiger partial charge < -0.3 is 20.5 Å². The van der Waals surface area contributed by atoms with E-state index in [-0.39, 0.29) is 0 Å². The van der Waals surface area contributed by atoms with E-state index in [0.717, 1.165) is 0 Å². The van der Waals surface area contributed by atoms with Crippen molar-refractivity contribution >= 4 is 29.0 Å². The van der Waals surface area contributed by atoms with Crippen LogP contribution in [0, 0.1) is 6.92 Å². The van der Waals surface area contributed by atoms with Gasteiger partial charge in [0.25, 0.3) is 5.91 Å². The first-order valence-corrected chi connectivity index (χ1v) is 9.37. The second-order valence-corrected chi connectivity index (χ2v) is 6.54. The number of anilines is 3. The molecule has 0 aliphatic heterocycles. The summed E-state index contributed by atoms with van der Waals surface area (Å²) in [6.07, 6.45) is 2.99. The number of para-hydroxylation sites is 1. The lowest BCUT2D eigenvalue weighted by molar-refractivity contribution is 0.102. The fourth-order valence-corrected chi connectivity index (χ4v) is 2.87. The summed E-state index contributed by atoms with van der Waals surface area (Å²) in [5.41, 5.74) is 2.49. The number of urea groups is 1. The number of carbonyl (C=O) groups excluding carboxylic acids is 2. The van der Waals surface area contributed by atoms with Crippen LogP contribution in [0.15, 0.2) is 77.6 Å². The molecule has 0 fully saturated rings. The van der Waals surface area contributed by atoms with Crippen molar-refractivity contribution in [1.82, 2.24) is 15.1 Å².